The number of carbonyl (C=O) groups excluding carboxylic acids is 1. The smallest absolute Gasteiger partial charge is 0.224 e. The van der Waals surface area contributed by atoms with Gasteiger partial charge in [-0.05, 0) is 19.8 Å². The van der Waals surface area contributed by atoms with Crippen LogP contribution in [-0.4, -0.2) is 59.2 Å². The maximum absolute atomic E-state index is 12.4. The number of carbonyl (C=O) groups is 1. The van der Waals surface area contributed by atoms with Gasteiger partial charge in [0.05, 0.1) is 13.2 Å². The number of aromatic nitrogens is 2. The van der Waals surface area contributed by atoms with Crippen LogP contribution in [0.3, 0.4) is 0 Å². The first-order chi connectivity index (χ1) is 10.8. The molecular formula is C16H28Cl2N4O2. The molecule has 0 aromatic carbocycles. The van der Waals surface area contributed by atoms with E-state index in [0.29, 0.717) is 18.9 Å². The second kappa shape index (κ2) is 10.2. The van der Waals surface area contributed by atoms with Gasteiger partial charge >= 0.3 is 0 Å². The molecule has 6 nitrogen and oxygen atoms in total. The minimum atomic E-state index is 0. The summed E-state index contributed by atoms with van der Waals surface area (Å²) < 4.78 is 7.63. The Kier molecular flexibility index (Phi) is 9.05. The van der Waals surface area contributed by atoms with Gasteiger partial charge in [0.15, 0.2) is 0 Å². The predicted octanol–water partition coefficient (Wildman–Crippen LogP) is 1.83. The highest BCUT2D eigenvalue weighted by molar-refractivity contribution is 5.85. The minimum Gasteiger partial charge on any atom is -0.378 e. The molecule has 0 radical (unpaired) electrons. The number of aryl methyl sites for hydroxylation is 1. The van der Waals surface area contributed by atoms with E-state index in [1.54, 1.807) is 0 Å². The highest BCUT2D eigenvalue weighted by atomic mass is 35.5. The number of nitrogens with zero attached hydrogens (tertiary/aromatic N) is 3. The number of hydrogen-bond donors (Lipinski definition) is 1. The molecule has 0 aliphatic carbocycles. The fourth-order valence-electron chi connectivity index (χ4n) is 3.43. The molecule has 1 aromatic rings. The number of rotatable bonds is 4. The molecule has 0 saturated carbocycles. The van der Waals surface area contributed by atoms with Crippen molar-refractivity contribution in [2.75, 3.05) is 32.8 Å². The van der Waals surface area contributed by atoms with E-state index in [9.17, 15) is 4.79 Å². The Morgan fingerprint density at radius 3 is 2.75 bits per heavy atom. The third-order valence-electron chi connectivity index (χ3n) is 4.72. The zero-order valence-electron chi connectivity index (χ0n) is 14.1. The Morgan fingerprint density at radius 1 is 1.38 bits per heavy atom. The summed E-state index contributed by atoms with van der Waals surface area (Å²) in [4.78, 5) is 18.9. The molecule has 3 heterocycles. The summed E-state index contributed by atoms with van der Waals surface area (Å²) in [6.07, 6.45) is 6.50. The quantitative estimate of drug-likeness (QED) is 0.867. The Hall–Kier alpha value is -0.820. The number of morpholine rings is 1. The zero-order chi connectivity index (χ0) is 15.4. The lowest BCUT2D eigenvalue weighted by Gasteiger charge is -2.33. The third-order valence-corrected chi connectivity index (χ3v) is 4.72. The molecule has 1 unspecified atom stereocenters. The van der Waals surface area contributed by atoms with Crippen LogP contribution in [0, 0.1) is 0 Å². The lowest BCUT2D eigenvalue weighted by molar-refractivity contribution is -0.133. The predicted molar refractivity (Wildman–Crippen MR) is 98.2 cm³/mol. The first kappa shape index (κ1) is 21.2. The number of hydrogen-bond acceptors (Lipinski definition) is 4. The van der Waals surface area contributed by atoms with E-state index in [2.05, 4.69) is 21.8 Å². The maximum Gasteiger partial charge on any atom is 0.224 e. The normalized spacial score (nSPS) is 21.7. The number of imidazole rings is 1. The Labute approximate surface area is 156 Å². The van der Waals surface area contributed by atoms with Gasteiger partial charge in [-0.1, -0.05) is 0 Å². The van der Waals surface area contributed by atoms with Crippen molar-refractivity contribution in [2.45, 2.75) is 44.7 Å². The van der Waals surface area contributed by atoms with Crippen molar-refractivity contribution >= 4 is 30.7 Å². The molecule has 1 N–H and O–H groups in total. The molecule has 0 bridgehead atoms. The van der Waals surface area contributed by atoms with Crippen molar-refractivity contribution in [1.82, 2.24) is 19.8 Å². The minimum absolute atomic E-state index is 0. The molecule has 1 aromatic heterocycles. The van der Waals surface area contributed by atoms with Crippen LogP contribution in [0.25, 0.3) is 0 Å². The Morgan fingerprint density at radius 2 is 2.12 bits per heavy atom. The number of piperidine rings is 1. The summed E-state index contributed by atoms with van der Waals surface area (Å²) >= 11 is 0. The van der Waals surface area contributed by atoms with Crippen molar-refractivity contribution in [1.29, 1.82) is 0 Å². The van der Waals surface area contributed by atoms with Gasteiger partial charge in [-0.25, -0.2) is 4.98 Å². The van der Waals surface area contributed by atoms with Gasteiger partial charge in [0, 0.05) is 57.0 Å². The second-order valence-corrected chi connectivity index (χ2v) is 6.16. The second-order valence-electron chi connectivity index (χ2n) is 6.16. The number of ether oxygens (including phenoxy) is 1. The van der Waals surface area contributed by atoms with E-state index in [-0.39, 0.29) is 36.8 Å². The summed E-state index contributed by atoms with van der Waals surface area (Å²) in [6.45, 7) is 7.03. The molecule has 2 aliphatic rings. The van der Waals surface area contributed by atoms with Gasteiger partial charge < -0.3 is 19.5 Å². The monoisotopic (exact) mass is 378 g/mol. The number of nitrogens with one attached hydrogen (secondary N) is 1. The molecule has 2 fully saturated rings. The van der Waals surface area contributed by atoms with Crippen molar-refractivity contribution in [3.05, 3.63) is 18.2 Å². The van der Waals surface area contributed by atoms with Gasteiger partial charge in [0.2, 0.25) is 5.91 Å². The van der Waals surface area contributed by atoms with E-state index >= 15 is 0 Å². The number of likely N-dealkylation sites (tertiary alicyclic amines) is 1. The average Bonchev–Trinajstić information content (AvgIpc) is 3.04. The molecule has 8 heteroatoms. The molecule has 1 atom stereocenters. The van der Waals surface area contributed by atoms with Crippen LogP contribution in [0.1, 0.15) is 37.9 Å². The van der Waals surface area contributed by atoms with Crippen LogP contribution in [0.5, 0.6) is 0 Å². The van der Waals surface area contributed by atoms with Crippen molar-refractivity contribution < 1.29 is 9.53 Å². The van der Waals surface area contributed by atoms with Gasteiger partial charge in [-0.2, -0.15) is 0 Å². The van der Waals surface area contributed by atoms with E-state index in [1.807, 2.05) is 17.3 Å². The lowest BCUT2D eigenvalue weighted by atomic mass is 9.95. The van der Waals surface area contributed by atoms with Crippen LogP contribution < -0.4 is 5.32 Å². The van der Waals surface area contributed by atoms with Crippen LogP contribution in [0.4, 0.5) is 0 Å². The van der Waals surface area contributed by atoms with Gasteiger partial charge in [-0.3, -0.25) is 4.79 Å². The molecule has 24 heavy (non-hydrogen) atoms. The highest BCUT2D eigenvalue weighted by Crippen LogP contribution is 2.27. The standard InChI is InChI=1S/C16H26N4O2.2ClH/c1-2-19-9-5-18-16(19)13-3-7-20(8-4-13)15(21)11-14-12-22-10-6-17-14;;/h5,9,13-14,17H,2-4,6-8,10-12H2,1H3;2*1H. The Bertz CT molecular complexity index is 498. The molecular weight excluding hydrogens is 351 g/mol. The van der Waals surface area contributed by atoms with Gasteiger partial charge in [0.1, 0.15) is 5.82 Å². The lowest BCUT2D eigenvalue weighted by Crippen LogP contribution is -2.46. The summed E-state index contributed by atoms with van der Waals surface area (Å²) in [5.74, 6) is 1.91. The van der Waals surface area contributed by atoms with Crippen LogP contribution >= 0.6 is 24.8 Å². The number of halogens is 2. The van der Waals surface area contributed by atoms with E-state index < -0.39 is 0 Å². The van der Waals surface area contributed by atoms with E-state index in [0.717, 1.165) is 45.6 Å². The highest BCUT2D eigenvalue weighted by Gasteiger charge is 2.27. The average molecular weight is 379 g/mol. The summed E-state index contributed by atoms with van der Waals surface area (Å²) in [7, 11) is 0. The van der Waals surface area contributed by atoms with Crippen molar-refractivity contribution in [3.8, 4) is 0 Å². The largest absolute Gasteiger partial charge is 0.378 e. The van der Waals surface area contributed by atoms with Gasteiger partial charge in [0.25, 0.3) is 0 Å². The molecule has 2 saturated heterocycles. The van der Waals surface area contributed by atoms with Gasteiger partial charge in [-0.15, -0.1) is 24.8 Å². The van der Waals surface area contributed by atoms with E-state index in [4.69, 9.17) is 4.74 Å². The number of amides is 1. The Balaban J connectivity index is 0.00000144. The molecule has 1 amide bonds. The molecule has 3 rings (SSSR count). The van der Waals surface area contributed by atoms with Crippen LogP contribution in [-0.2, 0) is 16.1 Å². The first-order valence-electron chi connectivity index (χ1n) is 8.38. The van der Waals surface area contributed by atoms with Crippen molar-refractivity contribution in [2.24, 2.45) is 0 Å². The molecule has 0 spiro atoms. The first-order valence-corrected chi connectivity index (χ1v) is 8.38. The van der Waals surface area contributed by atoms with E-state index in [1.165, 1.54) is 5.82 Å². The molecule has 2 aliphatic heterocycles. The topological polar surface area (TPSA) is 59.4 Å². The maximum atomic E-state index is 12.4. The fourth-order valence-corrected chi connectivity index (χ4v) is 3.43. The van der Waals surface area contributed by atoms with Crippen molar-refractivity contribution in [3.63, 3.8) is 0 Å². The van der Waals surface area contributed by atoms with Crippen LogP contribution in [0.15, 0.2) is 12.4 Å². The summed E-state index contributed by atoms with van der Waals surface area (Å²) in [5, 5.41) is 3.35. The fraction of sp³-hybridized carbons (Fsp3) is 0.750. The SMILES string of the molecule is CCn1ccnc1C1CCN(C(=O)CC2COCCN2)CC1.Cl.Cl. The zero-order valence-corrected chi connectivity index (χ0v) is 15.8. The van der Waals surface area contributed by atoms with Crippen LogP contribution in [0.2, 0.25) is 0 Å². The third kappa shape index (κ3) is 5.09. The summed E-state index contributed by atoms with van der Waals surface area (Å²) in [5.41, 5.74) is 0. The summed E-state index contributed by atoms with van der Waals surface area (Å²) in [6, 6.07) is 0.179. The molecule has 138 valence electrons.